The van der Waals surface area contributed by atoms with Crippen molar-refractivity contribution in [3.8, 4) is 16.9 Å². The lowest BCUT2D eigenvalue weighted by molar-refractivity contribution is -0.136. The van der Waals surface area contributed by atoms with Gasteiger partial charge in [0, 0.05) is 0 Å². The van der Waals surface area contributed by atoms with E-state index < -0.39 is 30.3 Å². The fraction of sp³-hybridized carbons (Fsp3) is 0.455. The first-order valence-electron chi connectivity index (χ1n) is 9.46. The van der Waals surface area contributed by atoms with Gasteiger partial charge in [-0.2, -0.15) is 0 Å². The lowest BCUT2D eigenvalue weighted by Gasteiger charge is -2.24. The molecule has 28 heavy (non-hydrogen) atoms. The molecule has 0 saturated carbocycles. The first-order valence-corrected chi connectivity index (χ1v) is 9.46. The Hall–Kier alpha value is -2.02. The molecule has 2 aromatic carbocycles. The van der Waals surface area contributed by atoms with Crippen LogP contribution in [0.1, 0.15) is 32.8 Å². The molecule has 0 aromatic heterocycles. The van der Waals surface area contributed by atoms with E-state index in [0.717, 1.165) is 24.0 Å². The number of alkyl halides is 1. The van der Waals surface area contributed by atoms with E-state index >= 15 is 0 Å². The van der Waals surface area contributed by atoms with E-state index in [1.165, 1.54) is 26.0 Å². The summed E-state index contributed by atoms with van der Waals surface area (Å²) in [7, 11) is 0. The van der Waals surface area contributed by atoms with Crippen LogP contribution in [0.4, 0.5) is 8.78 Å². The number of hydrogen-bond donors (Lipinski definition) is 2. The molecule has 152 valence electrons. The maximum absolute atomic E-state index is 14.2. The largest absolute Gasteiger partial charge is 0.462 e. The van der Waals surface area contributed by atoms with Crippen LogP contribution in [0.25, 0.3) is 11.1 Å². The van der Waals surface area contributed by atoms with Gasteiger partial charge in [0.1, 0.15) is 35.5 Å². The molecular formula is C22H26F2O4. The molecule has 6 heteroatoms. The molecule has 4 atom stereocenters. The van der Waals surface area contributed by atoms with Crippen LogP contribution in [0.3, 0.4) is 0 Å². The van der Waals surface area contributed by atoms with Crippen molar-refractivity contribution < 1.29 is 28.5 Å². The molecule has 2 N–H and O–H groups in total. The highest BCUT2D eigenvalue weighted by Gasteiger charge is 2.51. The Bertz CT molecular complexity index is 818. The van der Waals surface area contributed by atoms with Crippen LogP contribution in [-0.4, -0.2) is 40.5 Å². The summed E-state index contributed by atoms with van der Waals surface area (Å²) in [5, 5.41) is 20.3. The molecule has 0 bridgehead atoms. The van der Waals surface area contributed by atoms with Gasteiger partial charge in [0.15, 0.2) is 0 Å². The van der Waals surface area contributed by atoms with Crippen LogP contribution >= 0.6 is 0 Å². The number of aliphatic hydroxyl groups is 2. The number of halogens is 2. The first kappa shape index (κ1) is 20.7. The highest BCUT2D eigenvalue weighted by atomic mass is 19.1. The highest BCUT2D eigenvalue weighted by Crippen LogP contribution is 2.34. The Kier molecular flexibility index (Phi) is 6.03. The van der Waals surface area contributed by atoms with Gasteiger partial charge in [-0.3, -0.25) is 0 Å². The third-order valence-electron chi connectivity index (χ3n) is 4.88. The lowest BCUT2D eigenvalue weighted by Crippen LogP contribution is -2.42. The molecule has 2 aromatic rings. The van der Waals surface area contributed by atoms with Crippen LogP contribution in [0.15, 0.2) is 42.5 Å². The standard InChI is InChI=1S/C22H26F2O4/c1-4-6-13-9-10-16(12-17(13)14-7-5-8-15(23)11-14)27-21-19(26)18(25)20(28-21)22(2,3)24/h5,7-12,18-21,25-26H,4,6H2,1-3H3/t18-,19+,20?,21?/m0/s1. The highest BCUT2D eigenvalue weighted by molar-refractivity contribution is 5.69. The lowest BCUT2D eigenvalue weighted by atomic mass is 9.96. The topological polar surface area (TPSA) is 58.9 Å². The summed E-state index contributed by atoms with van der Waals surface area (Å²) in [6.07, 6.45) is -3.44. The third-order valence-corrected chi connectivity index (χ3v) is 4.88. The van der Waals surface area contributed by atoms with Crippen LogP contribution in [0, 0.1) is 5.82 Å². The fourth-order valence-electron chi connectivity index (χ4n) is 3.49. The summed E-state index contributed by atoms with van der Waals surface area (Å²) in [4.78, 5) is 0. The van der Waals surface area contributed by atoms with Gasteiger partial charge in [-0.15, -0.1) is 0 Å². The summed E-state index contributed by atoms with van der Waals surface area (Å²) < 4.78 is 39.1. The maximum Gasteiger partial charge on any atom is 0.229 e. The fourth-order valence-corrected chi connectivity index (χ4v) is 3.49. The number of hydrogen-bond acceptors (Lipinski definition) is 4. The zero-order valence-corrected chi connectivity index (χ0v) is 16.2. The molecule has 1 aliphatic heterocycles. The summed E-state index contributed by atoms with van der Waals surface area (Å²) in [6, 6.07) is 11.6. The van der Waals surface area contributed by atoms with Crippen molar-refractivity contribution in [3.63, 3.8) is 0 Å². The zero-order chi connectivity index (χ0) is 20.5. The van der Waals surface area contributed by atoms with E-state index in [9.17, 15) is 19.0 Å². The van der Waals surface area contributed by atoms with E-state index in [0.29, 0.717) is 11.3 Å². The molecule has 3 rings (SSSR count). The Morgan fingerprint density at radius 1 is 1.11 bits per heavy atom. The number of aryl methyl sites for hydroxylation is 1. The van der Waals surface area contributed by atoms with Crippen LogP contribution in [0.2, 0.25) is 0 Å². The smallest absolute Gasteiger partial charge is 0.229 e. The number of benzene rings is 2. The average Bonchev–Trinajstić information content (AvgIpc) is 2.92. The molecule has 0 amide bonds. The molecule has 1 fully saturated rings. The Morgan fingerprint density at radius 2 is 1.86 bits per heavy atom. The van der Waals surface area contributed by atoms with Gasteiger partial charge in [-0.1, -0.05) is 31.5 Å². The Balaban J connectivity index is 1.88. The third kappa shape index (κ3) is 4.35. The van der Waals surface area contributed by atoms with Gasteiger partial charge >= 0.3 is 0 Å². The minimum Gasteiger partial charge on any atom is -0.462 e. The quantitative estimate of drug-likeness (QED) is 0.780. The van der Waals surface area contributed by atoms with E-state index in [4.69, 9.17) is 9.47 Å². The maximum atomic E-state index is 14.2. The second kappa shape index (κ2) is 8.15. The number of aliphatic hydroxyl groups excluding tert-OH is 2. The summed E-state index contributed by atoms with van der Waals surface area (Å²) in [6.45, 7) is 4.61. The second-order valence-corrected chi connectivity index (χ2v) is 7.67. The normalized spacial score (nSPS) is 25.1. The van der Waals surface area contributed by atoms with Crippen molar-refractivity contribution in [1.82, 2.24) is 0 Å². The van der Waals surface area contributed by atoms with Gasteiger partial charge in [-0.05, 0) is 61.2 Å². The van der Waals surface area contributed by atoms with E-state index in [2.05, 4.69) is 6.92 Å². The minimum atomic E-state index is -1.84. The summed E-state index contributed by atoms with van der Waals surface area (Å²) in [5.74, 6) is 0.0460. The molecule has 0 aliphatic carbocycles. The molecule has 1 heterocycles. The van der Waals surface area contributed by atoms with Crippen molar-refractivity contribution in [3.05, 3.63) is 53.8 Å². The molecule has 0 radical (unpaired) electrons. The van der Waals surface area contributed by atoms with E-state index in [-0.39, 0.29) is 5.82 Å². The van der Waals surface area contributed by atoms with Gasteiger partial charge < -0.3 is 19.7 Å². The van der Waals surface area contributed by atoms with Gasteiger partial charge in [0.05, 0.1) is 0 Å². The van der Waals surface area contributed by atoms with Crippen LogP contribution in [-0.2, 0) is 11.2 Å². The number of ether oxygens (including phenoxy) is 2. The van der Waals surface area contributed by atoms with E-state index in [1.54, 1.807) is 18.2 Å². The van der Waals surface area contributed by atoms with Gasteiger partial charge in [0.25, 0.3) is 0 Å². The van der Waals surface area contributed by atoms with Crippen molar-refractivity contribution in [2.24, 2.45) is 0 Å². The summed E-state index contributed by atoms with van der Waals surface area (Å²) in [5.41, 5.74) is 0.728. The molecule has 0 spiro atoms. The monoisotopic (exact) mass is 392 g/mol. The molecular weight excluding hydrogens is 366 g/mol. The predicted molar refractivity (Wildman–Crippen MR) is 102 cm³/mol. The molecule has 4 nitrogen and oxygen atoms in total. The minimum absolute atomic E-state index is 0.336. The van der Waals surface area contributed by atoms with Crippen LogP contribution in [0.5, 0.6) is 5.75 Å². The van der Waals surface area contributed by atoms with Crippen LogP contribution < -0.4 is 4.74 Å². The van der Waals surface area contributed by atoms with Gasteiger partial charge in [0.2, 0.25) is 6.29 Å². The molecule has 1 saturated heterocycles. The molecule has 2 unspecified atom stereocenters. The summed E-state index contributed by atoms with van der Waals surface area (Å²) >= 11 is 0. The predicted octanol–water partition coefficient (Wildman–Crippen LogP) is 4.02. The van der Waals surface area contributed by atoms with Gasteiger partial charge in [-0.25, -0.2) is 8.78 Å². The Morgan fingerprint density at radius 3 is 2.46 bits per heavy atom. The van der Waals surface area contributed by atoms with E-state index in [1.807, 2.05) is 12.1 Å². The SMILES string of the molecule is CCCc1ccc(OC2OC(C(C)(C)F)[C@@H](O)[C@H]2O)cc1-c1cccc(F)c1. The van der Waals surface area contributed by atoms with Crippen molar-refractivity contribution in [1.29, 1.82) is 0 Å². The van der Waals surface area contributed by atoms with Crippen molar-refractivity contribution in [2.45, 2.75) is 63.9 Å². The number of rotatable bonds is 6. The zero-order valence-electron chi connectivity index (χ0n) is 16.2. The second-order valence-electron chi connectivity index (χ2n) is 7.67. The molecule has 1 aliphatic rings. The Labute approximate surface area is 163 Å². The van der Waals surface area contributed by atoms with Crippen molar-refractivity contribution in [2.75, 3.05) is 0 Å². The van der Waals surface area contributed by atoms with Crippen molar-refractivity contribution >= 4 is 0 Å². The first-order chi connectivity index (χ1) is 13.2. The average molecular weight is 392 g/mol.